The SMILES string of the molecule is c1ccc(-c2ccc3c4cc(-c5cc6c7ccccc7n(-c7ccccc7)c6cc5-c5ccccc5)ccc4n(-c4ccccc4)c3c2)cc1. The van der Waals surface area contributed by atoms with E-state index >= 15 is 0 Å². The summed E-state index contributed by atoms with van der Waals surface area (Å²) in [6, 6.07) is 70.4. The van der Waals surface area contributed by atoms with E-state index in [4.69, 9.17) is 0 Å². The van der Waals surface area contributed by atoms with Crippen molar-refractivity contribution in [3.63, 3.8) is 0 Å². The van der Waals surface area contributed by atoms with Crippen LogP contribution in [0.25, 0.3) is 88.4 Å². The highest BCUT2D eigenvalue weighted by molar-refractivity contribution is 6.14. The van der Waals surface area contributed by atoms with Crippen LogP contribution in [0, 0.1) is 0 Å². The molecule has 2 aromatic heterocycles. The third kappa shape index (κ3) is 4.50. The first kappa shape index (κ1) is 28.4. The minimum absolute atomic E-state index is 1.16. The lowest BCUT2D eigenvalue weighted by Gasteiger charge is -2.14. The van der Waals surface area contributed by atoms with Crippen molar-refractivity contribution < 1.29 is 0 Å². The number of hydrogen-bond donors (Lipinski definition) is 0. The number of hydrogen-bond acceptors (Lipinski definition) is 0. The number of nitrogens with zero attached hydrogens (tertiary/aromatic N) is 2. The summed E-state index contributed by atoms with van der Waals surface area (Å²) in [6.45, 7) is 0. The number of fused-ring (bicyclic) bond motifs is 6. The maximum Gasteiger partial charge on any atom is 0.0547 e. The fourth-order valence-electron chi connectivity index (χ4n) is 7.82. The minimum Gasteiger partial charge on any atom is -0.309 e. The lowest BCUT2D eigenvalue weighted by atomic mass is 9.92. The van der Waals surface area contributed by atoms with E-state index in [1.54, 1.807) is 0 Å². The van der Waals surface area contributed by atoms with Gasteiger partial charge in [0.1, 0.15) is 0 Å². The van der Waals surface area contributed by atoms with Crippen LogP contribution in [-0.2, 0) is 0 Å². The summed E-state index contributed by atoms with van der Waals surface area (Å²) in [4.78, 5) is 0. The molecule has 0 saturated carbocycles. The fourth-order valence-corrected chi connectivity index (χ4v) is 7.82. The predicted molar refractivity (Wildman–Crippen MR) is 211 cm³/mol. The smallest absolute Gasteiger partial charge is 0.0547 e. The Morgan fingerprint density at radius 1 is 0.240 bits per heavy atom. The average Bonchev–Trinajstić information content (AvgIpc) is 3.70. The Hall–Kier alpha value is -6.64. The first-order valence-electron chi connectivity index (χ1n) is 17.2. The molecule has 0 aliphatic heterocycles. The van der Waals surface area contributed by atoms with Gasteiger partial charge in [-0.15, -0.1) is 0 Å². The second-order valence-corrected chi connectivity index (χ2v) is 13.0. The number of benzene rings is 8. The van der Waals surface area contributed by atoms with Crippen LogP contribution in [0.2, 0.25) is 0 Å². The highest BCUT2D eigenvalue weighted by atomic mass is 15.0. The molecule has 0 aliphatic carbocycles. The van der Waals surface area contributed by atoms with Crippen molar-refractivity contribution in [2.24, 2.45) is 0 Å². The Labute approximate surface area is 290 Å². The van der Waals surface area contributed by atoms with Crippen molar-refractivity contribution in [3.05, 3.63) is 194 Å². The van der Waals surface area contributed by atoms with Gasteiger partial charge >= 0.3 is 0 Å². The molecular weight excluding hydrogens is 605 g/mol. The van der Waals surface area contributed by atoms with Crippen molar-refractivity contribution in [1.29, 1.82) is 0 Å². The quantitative estimate of drug-likeness (QED) is 0.178. The van der Waals surface area contributed by atoms with Gasteiger partial charge in [-0.05, 0) is 94.0 Å². The molecule has 0 spiro atoms. The van der Waals surface area contributed by atoms with E-state index in [1.807, 2.05) is 0 Å². The largest absolute Gasteiger partial charge is 0.309 e. The van der Waals surface area contributed by atoms with Gasteiger partial charge in [-0.2, -0.15) is 0 Å². The first-order chi connectivity index (χ1) is 24.8. The van der Waals surface area contributed by atoms with Crippen LogP contribution < -0.4 is 0 Å². The molecule has 0 saturated heterocycles. The maximum absolute atomic E-state index is 2.42. The summed E-state index contributed by atoms with van der Waals surface area (Å²) >= 11 is 0. The van der Waals surface area contributed by atoms with Gasteiger partial charge in [0.15, 0.2) is 0 Å². The van der Waals surface area contributed by atoms with Crippen LogP contribution in [0.3, 0.4) is 0 Å². The molecule has 10 rings (SSSR count). The molecule has 0 unspecified atom stereocenters. The second-order valence-electron chi connectivity index (χ2n) is 13.0. The second kappa shape index (κ2) is 11.5. The van der Waals surface area contributed by atoms with Crippen LogP contribution in [0.15, 0.2) is 194 Å². The van der Waals surface area contributed by atoms with Crippen molar-refractivity contribution in [1.82, 2.24) is 9.13 Å². The van der Waals surface area contributed by atoms with Crippen LogP contribution >= 0.6 is 0 Å². The average molecular weight is 637 g/mol. The van der Waals surface area contributed by atoms with E-state index in [1.165, 1.54) is 77.0 Å². The van der Waals surface area contributed by atoms with Crippen molar-refractivity contribution in [2.75, 3.05) is 0 Å². The van der Waals surface area contributed by atoms with E-state index in [2.05, 4.69) is 203 Å². The molecule has 0 bridgehead atoms. The van der Waals surface area contributed by atoms with Crippen LogP contribution in [0.1, 0.15) is 0 Å². The zero-order valence-corrected chi connectivity index (χ0v) is 27.4. The third-order valence-electron chi connectivity index (χ3n) is 10.1. The van der Waals surface area contributed by atoms with Crippen molar-refractivity contribution in [2.45, 2.75) is 0 Å². The summed E-state index contributed by atoms with van der Waals surface area (Å²) in [5.74, 6) is 0. The van der Waals surface area contributed by atoms with Gasteiger partial charge in [0, 0.05) is 32.9 Å². The van der Waals surface area contributed by atoms with Crippen molar-refractivity contribution >= 4 is 43.6 Å². The topological polar surface area (TPSA) is 9.86 Å². The molecule has 8 aromatic carbocycles. The maximum atomic E-state index is 2.42. The van der Waals surface area contributed by atoms with E-state index in [0.29, 0.717) is 0 Å². The van der Waals surface area contributed by atoms with Crippen LogP contribution in [-0.4, -0.2) is 9.13 Å². The normalized spacial score (nSPS) is 11.6. The molecular formula is C48H32N2. The molecule has 0 radical (unpaired) electrons. The summed E-state index contributed by atoms with van der Waals surface area (Å²) in [5, 5.41) is 4.99. The minimum atomic E-state index is 1.16. The van der Waals surface area contributed by atoms with Gasteiger partial charge < -0.3 is 9.13 Å². The number of aromatic nitrogens is 2. The summed E-state index contributed by atoms with van der Waals surface area (Å²) in [5.41, 5.74) is 14.4. The molecule has 2 heteroatoms. The monoisotopic (exact) mass is 636 g/mol. The molecule has 0 N–H and O–H groups in total. The molecule has 2 heterocycles. The molecule has 234 valence electrons. The van der Waals surface area contributed by atoms with Crippen LogP contribution in [0.5, 0.6) is 0 Å². The molecule has 0 amide bonds. The van der Waals surface area contributed by atoms with Gasteiger partial charge in [0.2, 0.25) is 0 Å². The molecule has 0 aliphatic rings. The lowest BCUT2D eigenvalue weighted by Crippen LogP contribution is -1.94. The molecule has 2 nitrogen and oxygen atoms in total. The zero-order chi connectivity index (χ0) is 33.0. The Morgan fingerprint density at radius 3 is 1.40 bits per heavy atom. The summed E-state index contributed by atoms with van der Waals surface area (Å²) < 4.78 is 4.82. The highest BCUT2D eigenvalue weighted by Gasteiger charge is 2.19. The summed E-state index contributed by atoms with van der Waals surface area (Å²) in [7, 11) is 0. The Morgan fingerprint density at radius 2 is 0.720 bits per heavy atom. The lowest BCUT2D eigenvalue weighted by molar-refractivity contribution is 1.18. The third-order valence-corrected chi connectivity index (χ3v) is 10.1. The Balaban J connectivity index is 1.27. The standard InChI is InChI=1S/C48H32N2/c1-5-15-33(16-6-1)35-25-27-40-43-29-36(26-28-46(43)50(47(40)30-35)38-21-11-4-12-22-38)41-31-44-39-23-13-14-24-45(39)49(37-19-9-3-10-20-37)48(44)32-42(41)34-17-7-2-8-18-34/h1-32H. The highest BCUT2D eigenvalue weighted by Crippen LogP contribution is 2.43. The molecule has 50 heavy (non-hydrogen) atoms. The van der Waals surface area contributed by atoms with Crippen molar-refractivity contribution in [3.8, 4) is 44.8 Å². The van der Waals surface area contributed by atoms with Gasteiger partial charge in [0.25, 0.3) is 0 Å². The molecule has 10 aromatic rings. The van der Waals surface area contributed by atoms with Gasteiger partial charge in [-0.25, -0.2) is 0 Å². The van der Waals surface area contributed by atoms with E-state index < -0.39 is 0 Å². The van der Waals surface area contributed by atoms with E-state index in [9.17, 15) is 0 Å². The molecule has 0 fully saturated rings. The van der Waals surface area contributed by atoms with Gasteiger partial charge in [0.05, 0.1) is 22.1 Å². The molecule has 0 atom stereocenters. The summed E-state index contributed by atoms with van der Waals surface area (Å²) in [6.07, 6.45) is 0. The van der Waals surface area contributed by atoms with Gasteiger partial charge in [-0.1, -0.05) is 133 Å². The Kier molecular flexibility index (Phi) is 6.53. The zero-order valence-electron chi connectivity index (χ0n) is 27.4. The van der Waals surface area contributed by atoms with E-state index in [0.717, 1.165) is 11.4 Å². The first-order valence-corrected chi connectivity index (χ1v) is 17.2. The Bertz CT molecular complexity index is 2830. The van der Waals surface area contributed by atoms with Crippen LogP contribution in [0.4, 0.5) is 0 Å². The van der Waals surface area contributed by atoms with E-state index in [-0.39, 0.29) is 0 Å². The van der Waals surface area contributed by atoms with Gasteiger partial charge in [-0.3, -0.25) is 0 Å². The predicted octanol–water partition coefficient (Wildman–Crippen LogP) is 12.9. The number of rotatable bonds is 5. The fraction of sp³-hybridized carbons (Fsp3) is 0. The number of para-hydroxylation sites is 3.